The van der Waals surface area contributed by atoms with Crippen molar-refractivity contribution >= 4 is 17.6 Å². The Hall–Kier alpha value is -3.87. The average Bonchev–Trinajstić information content (AvgIpc) is 2.81. The van der Waals surface area contributed by atoms with E-state index in [-0.39, 0.29) is 49.8 Å². The highest BCUT2D eigenvalue weighted by atomic mass is 35.5. The van der Waals surface area contributed by atoms with Crippen LogP contribution in [0.15, 0.2) is 40.1 Å². The van der Waals surface area contributed by atoms with Gasteiger partial charge in [0.25, 0.3) is 5.56 Å². The maximum Gasteiger partial charge on any atom is 0.431 e. The van der Waals surface area contributed by atoms with Crippen molar-refractivity contribution in [3.8, 4) is 22.9 Å². The van der Waals surface area contributed by atoms with Gasteiger partial charge in [0.2, 0.25) is 5.75 Å². The SMILES string of the molecule is CCCOC(=O)c1nccc(OC)c1Oc1cc(-n2c(=O)cc(C(F)(F)F)n(C)c2=O)c(F)cc1Cl. The number of alkyl halides is 3. The van der Waals surface area contributed by atoms with Gasteiger partial charge in [-0.2, -0.15) is 13.2 Å². The van der Waals surface area contributed by atoms with Gasteiger partial charge in [-0.15, -0.1) is 0 Å². The molecule has 3 rings (SSSR count). The number of ether oxygens (including phenoxy) is 3. The Morgan fingerprint density at radius 1 is 1.17 bits per heavy atom. The van der Waals surface area contributed by atoms with Crippen molar-refractivity contribution in [1.29, 1.82) is 0 Å². The fourth-order valence-electron chi connectivity index (χ4n) is 3.10. The van der Waals surface area contributed by atoms with E-state index in [2.05, 4.69) is 4.98 Å². The van der Waals surface area contributed by atoms with Gasteiger partial charge in [0.05, 0.1) is 24.4 Å². The highest BCUT2D eigenvalue weighted by Crippen LogP contribution is 2.38. The van der Waals surface area contributed by atoms with Crippen molar-refractivity contribution in [2.75, 3.05) is 13.7 Å². The van der Waals surface area contributed by atoms with Crippen LogP contribution >= 0.6 is 11.6 Å². The molecule has 1 aromatic carbocycles. The zero-order chi connectivity index (χ0) is 26.8. The summed E-state index contributed by atoms with van der Waals surface area (Å²) in [6.45, 7) is 1.86. The topological polar surface area (TPSA) is 102 Å². The van der Waals surface area contributed by atoms with Gasteiger partial charge >= 0.3 is 17.8 Å². The molecular formula is C22H18ClF4N3O6. The fourth-order valence-corrected chi connectivity index (χ4v) is 3.28. The molecule has 0 fully saturated rings. The monoisotopic (exact) mass is 531 g/mol. The summed E-state index contributed by atoms with van der Waals surface area (Å²) in [5.74, 6) is -2.69. The molecule has 36 heavy (non-hydrogen) atoms. The molecule has 0 spiro atoms. The molecule has 0 aliphatic rings. The van der Waals surface area contributed by atoms with Crippen LogP contribution in [0.5, 0.6) is 17.2 Å². The van der Waals surface area contributed by atoms with Crippen LogP contribution in [0.25, 0.3) is 5.69 Å². The maximum atomic E-state index is 14.8. The van der Waals surface area contributed by atoms with Crippen LogP contribution in [-0.4, -0.2) is 33.8 Å². The summed E-state index contributed by atoms with van der Waals surface area (Å²) in [5, 5.41) is -0.355. The Morgan fingerprint density at radius 2 is 1.86 bits per heavy atom. The number of hydrogen-bond donors (Lipinski definition) is 0. The first-order valence-corrected chi connectivity index (χ1v) is 10.6. The van der Waals surface area contributed by atoms with Crippen LogP contribution in [0.1, 0.15) is 29.5 Å². The quantitative estimate of drug-likeness (QED) is 0.334. The number of esters is 1. The van der Waals surface area contributed by atoms with Crippen molar-refractivity contribution in [1.82, 2.24) is 14.1 Å². The first kappa shape index (κ1) is 26.7. The van der Waals surface area contributed by atoms with Crippen LogP contribution in [0, 0.1) is 5.82 Å². The molecule has 0 bridgehead atoms. The highest BCUT2D eigenvalue weighted by molar-refractivity contribution is 6.32. The smallest absolute Gasteiger partial charge is 0.431 e. The van der Waals surface area contributed by atoms with Crippen LogP contribution in [0.2, 0.25) is 5.02 Å². The van der Waals surface area contributed by atoms with Gasteiger partial charge in [0.1, 0.15) is 17.3 Å². The van der Waals surface area contributed by atoms with E-state index in [0.29, 0.717) is 12.5 Å². The van der Waals surface area contributed by atoms with Crippen molar-refractivity contribution in [3.05, 3.63) is 73.5 Å². The standard InChI is InChI=1S/C22H18ClF4N3O6/c1-4-7-35-20(32)18-19(14(34-3)5-6-28-18)36-15-9-13(12(24)8-11(15)23)30-17(31)10-16(22(25,26)27)29(2)21(30)33/h5-6,8-10H,4,7H2,1-3H3. The van der Waals surface area contributed by atoms with E-state index in [0.717, 1.165) is 13.1 Å². The second kappa shape index (κ2) is 10.4. The molecule has 0 unspecified atom stereocenters. The van der Waals surface area contributed by atoms with Crippen molar-refractivity contribution < 1.29 is 36.6 Å². The molecule has 0 aliphatic carbocycles. The lowest BCUT2D eigenvalue weighted by Gasteiger charge is -2.17. The molecule has 2 aromatic heterocycles. The Bertz CT molecular complexity index is 1430. The average molecular weight is 532 g/mol. The number of methoxy groups -OCH3 is 1. The summed E-state index contributed by atoms with van der Waals surface area (Å²) in [4.78, 5) is 41.4. The number of nitrogens with zero attached hydrogens (tertiary/aromatic N) is 3. The van der Waals surface area contributed by atoms with E-state index in [1.54, 1.807) is 6.92 Å². The summed E-state index contributed by atoms with van der Waals surface area (Å²) < 4.78 is 70.5. The highest BCUT2D eigenvalue weighted by Gasteiger charge is 2.35. The first-order valence-electron chi connectivity index (χ1n) is 10.2. The Kier molecular flexibility index (Phi) is 7.72. The zero-order valence-corrected chi connectivity index (χ0v) is 19.7. The van der Waals surface area contributed by atoms with Gasteiger partial charge < -0.3 is 14.2 Å². The molecule has 0 atom stereocenters. The summed E-state index contributed by atoms with van der Waals surface area (Å²) in [5.41, 5.74) is -5.49. The molecule has 0 saturated heterocycles. The molecular weight excluding hydrogens is 514 g/mol. The number of carbonyl (C=O) groups is 1. The van der Waals surface area contributed by atoms with Gasteiger partial charge in [0, 0.05) is 31.4 Å². The third-order valence-electron chi connectivity index (χ3n) is 4.78. The molecule has 3 aromatic rings. The lowest BCUT2D eigenvalue weighted by molar-refractivity contribution is -0.144. The largest absolute Gasteiger partial charge is 0.493 e. The Morgan fingerprint density at radius 3 is 2.47 bits per heavy atom. The summed E-state index contributed by atoms with van der Waals surface area (Å²) in [6.07, 6.45) is -3.23. The molecule has 0 aliphatic heterocycles. The Labute approximate surface area is 205 Å². The van der Waals surface area contributed by atoms with Gasteiger partial charge in [-0.1, -0.05) is 18.5 Å². The molecule has 0 N–H and O–H groups in total. The van der Waals surface area contributed by atoms with Crippen molar-refractivity contribution in [2.24, 2.45) is 7.05 Å². The maximum absolute atomic E-state index is 14.8. The third-order valence-corrected chi connectivity index (χ3v) is 5.08. The van der Waals surface area contributed by atoms with Crippen LogP contribution in [0.4, 0.5) is 17.6 Å². The van der Waals surface area contributed by atoms with E-state index in [9.17, 15) is 31.9 Å². The van der Waals surface area contributed by atoms with Gasteiger partial charge in [-0.25, -0.2) is 23.5 Å². The predicted octanol–water partition coefficient (Wildman–Crippen LogP) is 4.11. The molecule has 0 amide bonds. The number of benzene rings is 1. The molecule has 14 heteroatoms. The number of aromatic nitrogens is 3. The van der Waals surface area contributed by atoms with E-state index in [1.165, 1.54) is 19.4 Å². The molecule has 0 saturated carbocycles. The van der Waals surface area contributed by atoms with E-state index < -0.39 is 40.6 Å². The number of halogens is 5. The lowest BCUT2D eigenvalue weighted by atomic mass is 10.2. The normalized spacial score (nSPS) is 11.3. The van der Waals surface area contributed by atoms with Crippen LogP contribution < -0.4 is 20.7 Å². The second-order valence-corrected chi connectivity index (χ2v) is 7.61. The van der Waals surface area contributed by atoms with Crippen LogP contribution in [-0.2, 0) is 18.0 Å². The fraction of sp³-hybridized carbons (Fsp3) is 0.273. The minimum absolute atomic E-state index is 0.0120. The number of hydrogen-bond acceptors (Lipinski definition) is 7. The predicted molar refractivity (Wildman–Crippen MR) is 119 cm³/mol. The second-order valence-electron chi connectivity index (χ2n) is 7.21. The van der Waals surface area contributed by atoms with E-state index in [1.807, 2.05) is 0 Å². The number of carbonyl (C=O) groups excluding carboxylic acids is 1. The summed E-state index contributed by atoms with van der Waals surface area (Å²) >= 11 is 6.08. The molecule has 2 heterocycles. The number of rotatable bonds is 7. The lowest BCUT2D eigenvalue weighted by Crippen LogP contribution is -2.41. The van der Waals surface area contributed by atoms with Gasteiger partial charge in [0.15, 0.2) is 11.4 Å². The van der Waals surface area contributed by atoms with E-state index in [4.69, 9.17) is 25.8 Å². The van der Waals surface area contributed by atoms with Crippen molar-refractivity contribution in [3.63, 3.8) is 0 Å². The Balaban J connectivity index is 2.18. The molecule has 9 nitrogen and oxygen atoms in total. The van der Waals surface area contributed by atoms with Gasteiger partial charge in [-0.3, -0.25) is 9.36 Å². The molecule has 192 valence electrons. The minimum atomic E-state index is -5.00. The minimum Gasteiger partial charge on any atom is -0.493 e. The van der Waals surface area contributed by atoms with E-state index >= 15 is 0 Å². The molecule has 0 radical (unpaired) electrons. The number of pyridine rings is 1. The first-order chi connectivity index (χ1) is 16.9. The van der Waals surface area contributed by atoms with Crippen molar-refractivity contribution in [2.45, 2.75) is 19.5 Å². The third kappa shape index (κ3) is 5.20. The van der Waals surface area contributed by atoms with Gasteiger partial charge in [-0.05, 0) is 12.5 Å². The summed E-state index contributed by atoms with van der Waals surface area (Å²) in [7, 11) is 2.05. The summed E-state index contributed by atoms with van der Waals surface area (Å²) in [6, 6.07) is 3.01. The van der Waals surface area contributed by atoms with Crippen LogP contribution in [0.3, 0.4) is 0 Å². The zero-order valence-electron chi connectivity index (χ0n) is 19.0.